The molecule has 0 spiro atoms. The average molecular weight is 108 g/mol. The van der Waals surface area contributed by atoms with Crippen molar-refractivity contribution in [2.24, 2.45) is 5.92 Å². The summed E-state index contributed by atoms with van der Waals surface area (Å²) < 4.78 is 0. The van der Waals surface area contributed by atoms with Crippen molar-refractivity contribution in [1.29, 1.82) is 0 Å². The van der Waals surface area contributed by atoms with E-state index in [2.05, 4.69) is 0 Å². The Labute approximate surface area is 47.2 Å². The van der Waals surface area contributed by atoms with Crippen LogP contribution in [0.5, 0.6) is 0 Å². The second-order valence-electron chi connectivity index (χ2n) is 1.72. The van der Waals surface area contributed by atoms with Crippen LogP contribution >= 0.6 is 0 Å². The van der Waals surface area contributed by atoms with Crippen molar-refractivity contribution in [3.8, 4) is 0 Å². The molecule has 2 heteroatoms. The monoisotopic (exact) mass is 108 g/mol. The Kier molecular flexibility index (Phi) is 1.27. The maximum Gasteiger partial charge on any atom is 0.202 e. The highest BCUT2D eigenvalue weighted by Gasteiger charge is 2.24. The van der Waals surface area contributed by atoms with E-state index in [1.165, 1.54) is 0 Å². The highest BCUT2D eigenvalue weighted by Crippen LogP contribution is 2.26. The van der Waals surface area contributed by atoms with E-state index in [9.17, 15) is 9.59 Å². The fraction of sp³-hybridized carbons (Fsp3) is 0.333. The van der Waals surface area contributed by atoms with E-state index in [-0.39, 0.29) is 5.92 Å². The Balaban J connectivity index is 2.42. The molecule has 1 fully saturated rings. The van der Waals surface area contributed by atoms with E-state index in [0.29, 0.717) is 12.0 Å². The van der Waals surface area contributed by atoms with Gasteiger partial charge in [0.15, 0.2) is 0 Å². The number of carbonyl (C=O) groups excluding carboxylic acids is 2. The molecule has 8 heavy (non-hydrogen) atoms. The maximum absolute atomic E-state index is 9.75. The minimum absolute atomic E-state index is 0.133. The zero-order valence-corrected chi connectivity index (χ0v) is 4.18. The molecule has 1 aliphatic rings. The molecule has 0 heterocycles. The normalized spacial score (nSPS) is 26.0. The molecule has 1 unspecified atom stereocenters. The maximum atomic E-state index is 9.75. The third kappa shape index (κ3) is 0.703. The molecule has 0 amide bonds. The molecule has 0 aromatic carbocycles. The second-order valence-corrected chi connectivity index (χ2v) is 1.72. The highest BCUT2D eigenvalue weighted by atomic mass is 16.1. The smallest absolute Gasteiger partial charge is 0.202 e. The number of hydrogen-bond donors (Lipinski definition) is 0. The first-order valence-corrected chi connectivity index (χ1v) is 2.33. The topological polar surface area (TPSA) is 34.1 Å². The Hall–Kier alpha value is -0.880. The van der Waals surface area contributed by atoms with Gasteiger partial charge in [-0.3, -0.25) is 4.79 Å². The van der Waals surface area contributed by atoms with Gasteiger partial charge < -0.3 is 0 Å². The zero-order chi connectivity index (χ0) is 5.98. The lowest BCUT2D eigenvalue weighted by atomic mass is 9.82. The van der Waals surface area contributed by atoms with Crippen LogP contribution in [0.15, 0.2) is 5.57 Å². The first-order valence-electron chi connectivity index (χ1n) is 2.33. The van der Waals surface area contributed by atoms with Crippen LogP contribution in [0.1, 0.15) is 6.42 Å². The van der Waals surface area contributed by atoms with Gasteiger partial charge in [0.05, 0.1) is 0 Å². The summed E-state index contributed by atoms with van der Waals surface area (Å²) in [5, 5.41) is 0. The van der Waals surface area contributed by atoms with Gasteiger partial charge in [-0.25, -0.2) is 4.79 Å². The van der Waals surface area contributed by atoms with Crippen molar-refractivity contribution in [1.82, 2.24) is 0 Å². The van der Waals surface area contributed by atoms with Crippen LogP contribution in [0.25, 0.3) is 0 Å². The van der Waals surface area contributed by atoms with Crippen LogP contribution in [0.3, 0.4) is 0 Å². The summed E-state index contributed by atoms with van der Waals surface area (Å²) in [6.07, 6.45) is 3.86. The third-order valence-corrected chi connectivity index (χ3v) is 1.12. The molecule has 0 aromatic rings. The van der Waals surface area contributed by atoms with Crippen molar-refractivity contribution in [3.05, 3.63) is 12.0 Å². The third-order valence-electron chi connectivity index (χ3n) is 1.12. The molecular weight excluding hydrogens is 104 g/mol. The van der Waals surface area contributed by atoms with Crippen LogP contribution in [0.2, 0.25) is 0 Å². The Morgan fingerprint density at radius 3 is 2.62 bits per heavy atom. The molecule has 0 bridgehead atoms. The van der Waals surface area contributed by atoms with Crippen molar-refractivity contribution >= 4 is 12.2 Å². The number of allylic oxidation sites excluding steroid dienone is 1. The molecule has 0 saturated heterocycles. The molecule has 1 rings (SSSR count). The SMILES string of the molecule is O=[C]C1[CH]C(=C=O)C1. The Morgan fingerprint density at radius 1 is 1.62 bits per heavy atom. The molecule has 2 nitrogen and oxygen atoms in total. The second kappa shape index (κ2) is 1.93. The number of rotatable bonds is 1. The summed E-state index contributed by atoms with van der Waals surface area (Å²) in [6, 6.07) is 0. The predicted molar refractivity (Wildman–Crippen MR) is 27.3 cm³/mol. The molecule has 0 aliphatic heterocycles. The minimum atomic E-state index is -0.133. The first-order chi connectivity index (χ1) is 3.86. The standard InChI is InChI=1S/C6H4O2/c7-3-5-1-6(2-5)4-8/h1,5H,2H2. The molecular formula is C6H4O2. The predicted octanol–water partition coefficient (Wildman–Crippen LogP) is 0.0783. The van der Waals surface area contributed by atoms with Gasteiger partial charge >= 0.3 is 0 Å². The van der Waals surface area contributed by atoms with E-state index < -0.39 is 0 Å². The lowest BCUT2D eigenvalue weighted by Gasteiger charge is -2.17. The lowest BCUT2D eigenvalue weighted by Crippen LogP contribution is -2.16. The van der Waals surface area contributed by atoms with Crippen LogP contribution < -0.4 is 0 Å². The molecule has 0 N–H and O–H groups in total. The van der Waals surface area contributed by atoms with E-state index in [4.69, 9.17) is 0 Å². The summed E-state index contributed by atoms with van der Waals surface area (Å²) in [6.45, 7) is 0. The molecule has 40 valence electrons. The van der Waals surface area contributed by atoms with Crippen LogP contribution in [0, 0.1) is 12.3 Å². The summed E-state index contributed by atoms with van der Waals surface area (Å²) >= 11 is 0. The van der Waals surface area contributed by atoms with E-state index in [0.717, 1.165) is 0 Å². The summed E-state index contributed by atoms with van der Waals surface area (Å²) in [5.41, 5.74) is 0.596. The van der Waals surface area contributed by atoms with E-state index in [1.807, 2.05) is 0 Å². The van der Waals surface area contributed by atoms with Crippen LogP contribution in [-0.4, -0.2) is 12.2 Å². The molecule has 0 aromatic heterocycles. The fourth-order valence-corrected chi connectivity index (χ4v) is 0.598. The zero-order valence-electron chi connectivity index (χ0n) is 4.18. The quantitative estimate of drug-likeness (QED) is 0.446. The lowest BCUT2D eigenvalue weighted by molar-refractivity contribution is 0.515. The Morgan fingerprint density at radius 2 is 2.25 bits per heavy atom. The fourth-order valence-electron chi connectivity index (χ4n) is 0.598. The van der Waals surface area contributed by atoms with Gasteiger partial charge in [0.25, 0.3) is 0 Å². The van der Waals surface area contributed by atoms with Crippen LogP contribution in [0.4, 0.5) is 0 Å². The molecule has 2 radical (unpaired) electrons. The van der Waals surface area contributed by atoms with E-state index in [1.54, 1.807) is 18.6 Å². The van der Waals surface area contributed by atoms with Crippen molar-refractivity contribution in [3.63, 3.8) is 0 Å². The average Bonchev–Trinajstić information content (AvgIpc) is 1.65. The van der Waals surface area contributed by atoms with Crippen molar-refractivity contribution < 1.29 is 9.59 Å². The van der Waals surface area contributed by atoms with Gasteiger partial charge in [-0.2, -0.15) is 0 Å². The van der Waals surface area contributed by atoms with Crippen molar-refractivity contribution in [2.75, 3.05) is 0 Å². The van der Waals surface area contributed by atoms with Gasteiger partial charge in [-0.15, -0.1) is 0 Å². The van der Waals surface area contributed by atoms with Crippen LogP contribution in [-0.2, 0) is 9.59 Å². The van der Waals surface area contributed by atoms with Gasteiger partial charge in [0.2, 0.25) is 6.29 Å². The largest absolute Gasteiger partial charge is 0.291 e. The molecule has 1 aliphatic carbocycles. The van der Waals surface area contributed by atoms with Gasteiger partial charge in [-0.05, 0) is 6.42 Å². The van der Waals surface area contributed by atoms with Gasteiger partial charge in [0, 0.05) is 17.9 Å². The summed E-state index contributed by atoms with van der Waals surface area (Å²) in [7, 11) is 0. The Bertz CT molecular complexity index is 146. The van der Waals surface area contributed by atoms with E-state index >= 15 is 0 Å². The highest BCUT2D eigenvalue weighted by molar-refractivity contribution is 5.70. The number of hydrogen-bond acceptors (Lipinski definition) is 2. The van der Waals surface area contributed by atoms with Gasteiger partial charge in [-0.1, -0.05) is 0 Å². The molecule has 1 saturated carbocycles. The minimum Gasteiger partial charge on any atom is -0.291 e. The van der Waals surface area contributed by atoms with Crippen molar-refractivity contribution in [2.45, 2.75) is 6.42 Å². The summed E-state index contributed by atoms with van der Waals surface area (Å²) in [5.74, 6) is 1.56. The summed E-state index contributed by atoms with van der Waals surface area (Å²) in [4.78, 5) is 19.5. The molecule has 1 atom stereocenters. The first kappa shape index (κ1) is 5.26. The van der Waals surface area contributed by atoms with Gasteiger partial charge in [0.1, 0.15) is 5.94 Å².